The number of carbonyl (C=O) groups is 4. The second-order valence-corrected chi connectivity index (χ2v) is 10.2. The highest BCUT2D eigenvalue weighted by Gasteiger charge is 2.54. The molecule has 0 saturated carbocycles. The van der Waals surface area contributed by atoms with E-state index < -0.39 is 41.5 Å². The molecular formula is C24H27ClN2O6S. The predicted molar refractivity (Wildman–Crippen MR) is 129 cm³/mol. The molecule has 0 aromatic heterocycles. The van der Waals surface area contributed by atoms with Gasteiger partial charge in [0.25, 0.3) is 5.91 Å². The Morgan fingerprint density at radius 2 is 1.91 bits per heavy atom. The SMILES string of the molecule is CC(C)(C)C(=O)OCOC(=O)C1=C(C=CCCl)CS[C@H]2[C@H](NC(=O)Cc3ccccc3)C(=O)N12. The number of hydrogen-bond donors (Lipinski definition) is 1. The number of thioether (sulfide) groups is 1. The lowest BCUT2D eigenvalue weighted by Crippen LogP contribution is -2.70. The average Bonchev–Trinajstić information content (AvgIpc) is 2.80. The van der Waals surface area contributed by atoms with Gasteiger partial charge in [0.15, 0.2) is 0 Å². The van der Waals surface area contributed by atoms with E-state index in [1.54, 1.807) is 32.9 Å². The van der Waals surface area contributed by atoms with Crippen LogP contribution in [0, 0.1) is 5.41 Å². The van der Waals surface area contributed by atoms with Gasteiger partial charge in [0.2, 0.25) is 12.7 Å². The first-order valence-electron chi connectivity index (χ1n) is 10.7. The van der Waals surface area contributed by atoms with Gasteiger partial charge < -0.3 is 14.8 Å². The Morgan fingerprint density at radius 3 is 2.56 bits per heavy atom. The number of carbonyl (C=O) groups excluding carboxylic acids is 4. The molecule has 2 heterocycles. The number of rotatable bonds is 8. The van der Waals surface area contributed by atoms with Gasteiger partial charge in [0, 0.05) is 11.6 Å². The number of hydrogen-bond acceptors (Lipinski definition) is 7. The predicted octanol–water partition coefficient (Wildman–Crippen LogP) is 2.77. The standard InChI is InChI=1S/C24H27ClN2O6S/c1-24(2,3)23(31)33-14-32-22(30)19-16(10-7-11-25)13-34-21-18(20(29)27(19)21)26-17(28)12-15-8-5-4-6-9-15/h4-10,18,21H,11-14H2,1-3H3,(H,26,28)/t18-,21+/m1/s1. The maximum Gasteiger partial charge on any atom is 0.358 e. The van der Waals surface area contributed by atoms with Gasteiger partial charge in [-0.3, -0.25) is 19.3 Å². The van der Waals surface area contributed by atoms with Gasteiger partial charge in [0.05, 0.1) is 11.8 Å². The summed E-state index contributed by atoms with van der Waals surface area (Å²) in [6, 6.07) is 8.47. The van der Waals surface area contributed by atoms with Gasteiger partial charge in [-0.05, 0) is 31.9 Å². The van der Waals surface area contributed by atoms with Gasteiger partial charge in [-0.1, -0.05) is 42.5 Å². The van der Waals surface area contributed by atoms with Gasteiger partial charge in [-0.15, -0.1) is 23.4 Å². The number of β-lactam (4-membered cyclic amide) rings is 1. The van der Waals surface area contributed by atoms with Crippen LogP contribution < -0.4 is 5.32 Å². The van der Waals surface area contributed by atoms with Gasteiger partial charge in [0.1, 0.15) is 17.1 Å². The van der Waals surface area contributed by atoms with Crippen LogP contribution in [0.1, 0.15) is 26.3 Å². The van der Waals surface area contributed by atoms with Crippen LogP contribution in [-0.4, -0.2) is 58.5 Å². The van der Waals surface area contributed by atoms with E-state index in [4.69, 9.17) is 21.1 Å². The van der Waals surface area contributed by atoms with Gasteiger partial charge in [-0.25, -0.2) is 4.79 Å². The second kappa shape index (κ2) is 11.1. The van der Waals surface area contributed by atoms with Crippen LogP contribution in [0.4, 0.5) is 0 Å². The third kappa shape index (κ3) is 6.01. The highest BCUT2D eigenvalue weighted by atomic mass is 35.5. The number of alkyl halides is 1. The molecule has 10 heteroatoms. The number of allylic oxidation sites excluding steroid dienone is 2. The highest BCUT2D eigenvalue weighted by Crippen LogP contribution is 2.41. The van der Waals surface area contributed by atoms with Crippen LogP contribution in [0.15, 0.2) is 53.8 Å². The number of halogens is 1. The van der Waals surface area contributed by atoms with E-state index in [1.807, 2.05) is 30.3 Å². The number of fused-ring (bicyclic) bond motifs is 1. The molecule has 2 aliphatic heterocycles. The topological polar surface area (TPSA) is 102 Å². The molecular weight excluding hydrogens is 480 g/mol. The normalized spacial score (nSPS) is 20.0. The van der Waals surface area contributed by atoms with Crippen molar-refractivity contribution < 1.29 is 28.7 Å². The number of benzene rings is 1. The zero-order valence-corrected chi connectivity index (χ0v) is 20.8. The van der Waals surface area contributed by atoms with E-state index in [1.165, 1.54) is 16.7 Å². The minimum Gasteiger partial charge on any atom is -0.427 e. The summed E-state index contributed by atoms with van der Waals surface area (Å²) < 4.78 is 10.2. The summed E-state index contributed by atoms with van der Waals surface area (Å²) in [6.45, 7) is 4.48. The Bertz CT molecular complexity index is 1020. The molecule has 182 valence electrons. The molecule has 0 spiro atoms. The molecule has 0 bridgehead atoms. The Morgan fingerprint density at radius 1 is 1.21 bits per heavy atom. The number of ether oxygens (including phenoxy) is 2. The summed E-state index contributed by atoms with van der Waals surface area (Å²) in [5.41, 5.74) is 0.722. The zero-order chi connectivity index (χ0) is 24.9. The first kappa shape index (κ1) is 25.8. The van der Waals surface area contributed by atoms with E-state index in [0.29, 0.717) is 11.3 Å². The maximum absolute atomic E-state index is 13.0. The Hall–Kier alpha value is -2.78. The van der Waals surface area contributed by atoms with Crippen LogP contribution in [-0.2, 0) is 35.1 Å². The molecule has 0 aliphatic carbocycles. The summed E-state index contributed by atoms with van der Waals surface area (Å²) >= 11 is 7.18. The highest BCUT2D eigenvalue weighted by molar-refractivity contribution is 8.00. The first-order valence-corrected chi connectivity index (χ1v) is 12.3. The van der Waals surface area contributed by atoms with Crippen LogP contribution in [0.25, 0.3) is 0 Å². The second-order valence-electron chi connectivity index (χ2n) is 8.78. The number of esters is 2. The fraction of sp³-hybridized carbons (Fsp3) is 0.417. The fourth-order valence-corrected chi connectivity index (χ4v) is 4.78. The molecule has 2 atom stereocenters. The van der Waals surface area contributed by atoms with E-state index in [2.05, 4.69) is 5.32 Å². The molecule has 1 saturated heterocycles. The molecule has 1 N–H and O–H groups in total. The van der Waals surface area contributed by atoms with Crippen molar-refractivity contribution in [1.29, 1.82) is 0 Å². The maximum atomic E-state index is 13.0. The zero-order valence-electron chi connectivity index (χ0n) is 19.2. The molecule has 34 heavy (non-hydrogen) atoms. The summed E-state index contributed by atoms with van der Waals surface area (Å²) in [7, 11) is 0. The van der Waals surface area contributed by atoms with Gasteiger partial charge >= 0.3 is 11.9 Å². The molecule has 1 fully saturated rings. The molecule has 0 radical (unpaired) electrons. The van der Waals surface area contributed by atoms with Crippen molar-refractivity contribution in [2.45, 2.75) is 38.6 Å². The van der Waals surface area contributed by atoms with E-state index in [9.17, 15) is 19.2 Å². The molecule has 0 unspecified atom stereocenters. The van der Waals surface area contributed by atoms with Gasteiger partial charge in [-0.2, -0.15) is 0 Å². The van der Waals surface area contributed by atoms with E-state index in [-0.39, 0.29) is 23.9 Å². The Labute approximate surface area is 207 Å². The van der Waals surface area contributed by atoms with Crippen molar-refractivity contribution in [3.8, 4) is 0 Å². The van der Waals surface area contributed by atoms with Crippen molar-refractivity contribution in [3.05, 3.63) is 59.3 Å². The third-order valence-corrected chi connectivity index (χ3v) is 6.60. The van der Waals surface area contributed by atoms with Crippen LogP contribution >= 0.6 is 23.4 Å². The lowest BCUT2D eigenvalue weighted by Gasteiger charge is -2.49. The third-order valence-electron chi connectivity index (χ3n) is 5.12. The van der Waals surface area contributed by atoms with E-state index in [0.717, 1.165) is 5.56 Å². The largest absolute Gasteiger partial charge is 0.427 e. The minimum absolute atomic E-state index is 0.0653. The molecule has 8 nitrogen and oxygen atoms in total. The van der Waals surface area contributed by atoms with Crippen LogP contribution in [0.2, 0.25) is 0 Å². The summed E-state index contributed by atoms with van der Waals surface area (Å²) in [5.74, 6) is -1.35. The summed E-state index contributed by atoms with van der Waals surface area (Å²) in [4.78, 5) is 51.6. The minimum atomic E-state index is -0.788. The average molecular weight is 507 g/mol. The Balaban J connectivity index is 1.69. The number of amides is 2. The molecule has 3 rings (SSSR count). The summed E-state index contributed by atoms with van der Waals surface area (Å²) in [6.07, 6.45) is 3.48. The van der Waals surface area contributed by atoms with Crippen molar-refractivity contribution in [3.63, 3.8) is 0 Å². The molecule has 1 aromatic carbocycles. The Kier molecular flexibility index (Phi) is 8.43. The summed E-state index contributed by atoms with van der Waals surface area (Å²) in [5, 5.41) is 2.33. The smallest absolute Gasteiger partial charge is 0.358 e. The van der Waals surface area contributed by atoms with Crippen molar-refractivity contribution in [2.75, 3.05) is 18.4 Å². The van der Waals surface area contributed by atoms with Crippen molar-refractivity contribution in [2.24, 2.45) is 5.41 Å². The van der Waals surface area contributed by atoms with Crippen LogP contribution in [0.3, 0.4) is 0 Å². The number of nitrogens with zero attached hydrogens (tertiary/aromatic N) is 1. The van der Waals surface area contributed by atoms with Crippen molar-refractivity contribution in [1.82, 2.24) is 10.2 Å². The fourth-order valence-electron chi connectivity index (χ4n) is 3.37. The van der Waals surface area contributed by atoms with Crippen molar-refractivity contribution >= 4 is 47.1 Å². The lowest BCUT2D eigenvalue weighted by atomic mass is 9.98. The molecule has 1 aromatic rings. The molecule has 2 amide bonds. The lowest BCUT2D eigenvalue weighted by molar-refractivity contribution is -0.173. The quantitative estimate of drug-likeness (QED) is 0.250. The van der Waals surface area contributed by atoms with Crippen LogP contribution in [0.5, 0.6) is 0 Å². The van der Waals surface area contributed by atoms with E-state index >= 15 is 0 Å². The first-order chi connectivity index (χ1) is 16.1. The number of nitrogens with one attached hydrogen (secondary N) is 1. The molecule has 2 aliphatic rings. The monoisotopic (exact) mass is 506 g/mol.